The third-order valence-electron chi connectivity index (χ3n) is 4.17. The minimum atomic E-state index is 0.782. The van der Waals surface area contributed by atoms with E-state index in [1.54, 1.807) is 0 Å². The molecule has 0 spiro atoms. The van der Waals surface area contributed by atoms with Crippen LogP contribution < -0.4 is 4.90 Å². The molecule has 0 radical (unpaired) electrons. The monoisotopic (exact) mass is 240 g/mol. The fourth-order valence-electron chi connectivity index (χ4n) is 3.17. The van der Waals surface area contributed by atoms with Crippen LogP contribution in [0.1, 0.15) is 12.8 Å². The van der Waals surface area contributed by atoms with Gasteiger partial charge in [0.1, 0.15) is 5.52 Å². The van der Waals surface area contributed by atoms with Crippen LogP contribution in [0, 0.1) is 11.8 Å². The Balaban J connectivity index is 1.64. The zero-order valence-corrected chi connectivity index (χ0v) is 10.2. The van der Waals surface area contributed by atoms with Crippen molar-refractivity contribution in [1.29, 1.82) is 0 Å². The minimum absolute atomic E-state index is 0.782. The predicted molar refractivity (Wildman–Crippen MR) is 71.6 cm³/mol. The van der Waals surface area contributed by atoms with Crippen LogP contribution in [0.25, 0.3) is 11.1 Å². The molecule has 18 heavy (non-hydrogen) atoms. The predicted octanol–water partition coefficient (Wildman–Crippen LogP) is 3.23. The molecule has 0 N–H and O–H groups in total. The maximum Gasteiger partial charge on any atom is 0.298 e. The van der Waals surface area contributed by atoms with E-state index in [4.69, 9.17) is 4.42 Å². The molecule has 1 aliphatic heterocycles. The molecule has 2 aliphatic rings. The Kier molecular flexibility index (Phi) is 2.19. The second kappa shape index (κ2) is 3.87. The zero-order valence-electron chi connectivity index (χ0n) is 10.2. The van der Waals surface area contributed by atoms with E-state index in [0.29, 0.717) is 0 Å². The number of anilines is 1. The van der Waals surface area contributed by atoms with Gasteiger partial charge in [-0.3, -0.25) is 0 Å². The average Bonchev–Trinajstić information content (AvgIpc) is 3.02. The molecule has 1 fully saturated rings. The number of aromatic nitrogens is 1. The molecule has 0 bridgehead atoms. The van der Waals surface area contributed by atoms with Gasteiger partial charge < -0.3 is 9.32 Å². The van der Waals surface area contributed by atoms with E-state index < -0.39 is 0 Å². The van der Waals surface area contributed by atoms with E-state index in [1.165, 1.54) is 12.8 Å². The summed E-state index contributed by atoms with van der Waals surface area (Å²) < 4.78 is 5.85. The zero-order chi connectivity index (χ0) is 11.9. The summed E-state index contributed by atoms with van der Waals surface area (Å²) in [5.74, 6) is 1.56. The van der Waals surface area contributed by atoms with Gasteiger partial charge in [-0.15, -0.1) is 0 Å². The highest BCUT2D eigenvalue weighted by atomic mass is 16.4. The van der Waals surface area contributed by atoms with Gasteiger partial charge in [-0.1, -0.05) is 24.3 Å². The number of allylic oxidation sites excluding steroid dienone is 2. The Morgan fingerprint density at radius 3 is 2.50 bits per heavy atom. The Labute approximate surface area is 106 Å². The first-order chi connectivity index (χ1) is 8.90. The van der Waals surface area contributed by atoms with Crippen LogP contribution in [-0.2, 0) is 0 Å². The number of oxazole rings is 1. The molecular formula is C15H16N2O. The third-order valence-corrected chi connectivity index (χ3v) is 4.17. The van der Waals surface area contributed by atoms with E-state index in [2.05, 4.69) is 22.0 Å². The highest BCUT2D eigenvalue weighted by molar-refractivity contribution is 5.74. The molecule has 0 amide bonds. The molecule has 1 saturated heterocycles. The summed E-state index contributed by atoms with van der Waals surface area (Å²) in [6, 6.07) is 8.78. The second-order valence-electron chi connectivity index (χ2n) is 5.33. The molecule has 4 rings (SSSR count). The number of benzene rings is 1. The van der Waals surface area contributed by atoms with Crippen molar-refractivity contribution in [3.05, 3.63) is 36.4 Å². The van der Waals surface area contributed by atoms with Crippen molar-refractivity contribution in [2.45, 2.75) is 12.8 Å². The van der Waals surface area contributed by atoms with Crippen LogP contribution in [0.15, 0.2) is 40.8 Å². The molecule has 2 aromatic rings. The number of fused-ring (bicyclic) bond motifs is 2. The maximum absolute atomic E-state index is 5.85. The quantitative estimate of drug-likeness (QED) is 0.717. The van der Waals surface area contributed by atoms with Crippen LogP contribution in [0.3, 0.4) is 0 Å². The molecule has 2 atom stereocenters. The van der Waals surface area contributed by atoms with Crippen LogP contribution in [0.5, 0.6) is 0 Å². The summed E-state index contributed by atoms with van der Waals surface area (Å²) in [7, 11) is 0. The van der Waals surface area contributed by atoms with Gasteiger partial charge >= 0.3 is 0 Å². The molecule has 92 valence electrons. The topological polar surface area (TPSA) is 29.3 Å². The summed E-state index contributed by atoms with van der Waals surface area (Å²) in [4.78, 5) is 6.90. The molecule has 1 aromatic carbocycles. The molecular weight excluding hydrogens is 224 g/mol. The van der Waals surface area contributed by atoms with Crippen LogP contribution in [0.2, 0.25) is 0 Å². The number of hydrogen-bond donors (Lipinski definition) is 0. The number of hydrogen-bond acceptors (Lipinski definition) is 3. The summed E-state index contributed by atoms with van der Waals surface area (Å²) in [6.45, 7) is 2.17. The first-order valence-corrected chi connectivity index (χ1v) is 6.66. The lowest BCUT2D eigenvalue weighted by atomic mass is 9.86. The third kappa shape index (κ3) is 1.54. The van der Waals surface area contributed by atoms with Gasteiger partial charge in [-0.05, 0) is 36.8 Å². The largest absolute Gasteiger partial charge is 0.423 e. The molecule has 2 heterocycles. The number of rotatable bonds is 1. The Bertz CT molecular complexity index is 552. The van der Waals surface area contributed by atoms with Crippen molar-refractivity contribution in [2.75, 3.05) is 18.0 Å². The van der Waals surface area contributed by atoms with Gasteiger partial charge in [0.05, 0.1) is 0 Å². The van der Waals surface area contributed by atoms with Gasteiger partial charge in [0.2, 0.25) is 0 Å². The second-order valence-corrected chi connectivity index (χ2v) is 5.33. The van der Waals surface area contributed by atoms with E-state index in [9.17, 15) is 0 Å². The van der Waals surface area contributed by atoms with Crippen molar-refractivity contribution >= 4 is 17.1 Å². The molecule has 1 aliphatic carbocycles. The van der Waals surface area contributed by atoms with Crippen molar-refractivity contribution in [1.82, 2.24) is 4.98 Å². The summed E-state index contributed by atoms with van der Waals surface area (Å²) in [6.07, 6.45) is 7.05. The summed E-state index contributed by atoms with van der Waals surface area (Å²) in [5.41, 5.74) is 1.85. The lowest BCUT2D eigenvalue weighted by Gasteiger charge is -2.17. The highest BCUT2D eigenvalue weighted by Crippen LogP contribution is 2.35. The van der Waals surface area contributed by atoms with Gasteiger partial charge in [0.25, 0.3) is 6.01 Å². The molecule has 3 heteroatoms. The fourth-order valence-corrected chi connectivity index (χ4v) is 3.17. The molecule has 2 unspecified atom stereocenters. The molecule has 3 nitrogen and oxygen atoms in total. The Morgan fingerprint density at radius 2 is 1.78 bits per heavy atom. The lowest BCUT2D eigenvalue weighted by Crippen LogP contribution is -2.19. The van der Waals surface area contributed by atoms with Crippen molar-refractivity contribution in [3.8, 4) is 0 Å². The van der Waals surface area contributed by atoms with E-state index in [1.807, 2.05) is 24.3 Å². The lowest BCUT2D eigenvalue weighted by molar-refractivity contribution is 0.411. The smallest absolute Gasteiger partial charge is 0.298 e. The van der Waals surface area contributed by atoms with Crippen LogP contribution >= 0.6 is 0 Å². The summed E-state index contributed by atoms with van der Waals surface area (Å²) in [5, 5.41) is 0. The Morgan fingerprint density at radius 1 is 1.06 bits per heavy atom. The van der Waals surface area contributed by atoms with Gasteiger partial charge in [-0.2, -0.15) is 4.98 Å². The van der Waals surface area contributed by atoms with E-state index >= 15 is 0 Å². The first-order valence-electron chi connectivity index (χ1n) is 6.66. The number of nitrogens with zero attached hydrogens (tertiary/aromatic N) is 2. The highest BCUT2D eigenvalue weighted by Gasteiger charge is 2.34. The minimum Gasteiger partial charge on any atom is -0.423 e. The SMILES string of the molecule is C1=CCC2CN(c3nc4ccccc4o3)CC2C1. The summed E-state index contributed by atoms with van der Waals surface area (Å²) >= 11 is 0. The molecule has 0 saturated carbocycles. The van der Waals surface area contributed by atoms with Crippen LogP contribution in [-0.4, -0.2) is 18.1 Å². The van der Waals surface area contributed by atoms with E-state index in [-0.39, 0.29) is 0 Å². The van der Waals surface area contributed by atoms with Crippen LogP contribution in [0.4, 0.5) is 6.01 Å². The first kappa shape index (κ1) is 10.2. The van der Waals surface area contributed by atoms with E-state index in [0.717, 1.165) is 42.0 Å². The maximum atomic E-state index is 5.85. The van der Waals surface area contributed by atoms with Crippen molar-refractivity contribution in [3.63, 3.8) is 0 Å². The molecule has 1 aromatic heterocycles. The number of para-hydroxylation sites is 2. The normalized spacial score (nSPS) is 26.8. The van der Waals surface area contributed by atoms with Gasteiger partial charge in [-0.25, -0.2) is 0 Å². The Hall–Kier alpha value is -1.77. The average molecular weight is 240 g/mol. The van der Waals surface area contributed by atoms with Gasteiger partial charge in [0, 0.05) is 13.1 Å². The van der Waals surface area contributed by atoms with Crippen molar-refractivity contribution < 1.29 is 4.42 Å². The van der Waals surface area contributed by atoms with Gasteiger partial charge in [0.15, 0.2) is 5.58 Å². The van der Waals surface area contributed by atoms with Crippen molar-refractivity contribution in [2.24, 2.45) is 11.8 Å². The fraction of sp³-hybridized carbons (Fsp3) is 0.400. The standard InChI is InChI=1S/C15H16N2O/c1-2-6-12-10-17(9-11(12)5-1)15-16-13-7-3-4-8-14(13)18-15/h1-4,7-8,11-12H,5-6,9-10H2.